The SMILES string of the molecule is CCOC(=O)C(Cc1ccccc1)NC(=O)C1CCN(c2ccc3nnc(C(F)(F)F)n3n2)CC1. The Morgan fingerprint density at radius 2 is 1.83 bits per heavy atom. The molecule has 9 nitrogen and oxygen atoms in total. The van der Waals surface area contributed by atoms with Crippen LogP contribution in [0.15, 0.2) is 42.5 Å². The van der Waals surface area contributed by atoms with E-state index in [9.17, 15) is 22.8 Å². The maximum absolute atomic E-state index is 13.2. The molecular formula is C23H25F3N6O3. The Labute approximate surface area is 199 Å². The summed E-state index contributed by atoms with van der Waals surface area (Å²) in [6, 6.07) is 11.5. The minimum absolute atomic E-state index is 0.00115. The summed E-state index contributed by atoms with van der Waals surface area (Å²) in [6.45, 7) is 2.75. The number of halogens is 3. The highest BCUT2D eigenvalue weighted by molar-refractivity contribution is 5.86. The maximum atomic E-state index is 13.2. The van der Waals surface area contributed by atoms with Crippen LogP contribution in [0.1, 0.15) is 31.2 Å². The van der Waals surface area contributed by atoms with E-state index in [-0.39, 0.29) is 24.1 Å². The molecule has 1 unspecified atom stereocenters. The molecule has 35 heavy (non-hydrogen) atoms. The topological polar surface area (TPSA) is 102 Å². The van der Waals surface area contributed by atoms with E-state index in [1.807, 2.05) is 35.2 Å². The number of alkyl halides is 3. The van der Waals surface area contributed by atoms with Gasteiger partial charge in [0.05, 0.1) is 6.61 Å². The van der Waals surface area contributed by atoms with Crippen LogP contribution in [0.2, 0.25) is 0 Å². The van der Waals surface area contributed by atoms with Gasteiger partial charge in [-0.3, -0.25) is 4.79 Å². The number of piperidine rings is 1. The molecule has 1 aliphatic rings. The molecule has 0 spiro atoms. The summed E-state index contributed by atoms with van der Waals surface area (Å²) < 4.78 is 45.3. The van der Waals surface area contributed by atoms with Crippen molar-refractivity contribution in [3.63, 3.8) is 0 Å². The number of ether oxygens (including phenoxy) is 1. The van der Waals surface area contributed by atoms with Gasteiger partial charge in [-0.15, -0.1) is 15.3 Å². The number of carbonyl (C=O) groups is 2. The Balaban J connectivity index is 1.40. The van der Waals surface area contributed by atoms with Gasteiger partial charge in [-0.05, 0) is 37.5 Å². The van der Waals surface area contributed by atoms with Crippen molar-refractivity contribution in [2.45, 2.75) is 38.4 Å². The number of carbonyl (C=O) groups excluding carboxylic acids is 2. The van der Waals surface area contributed by atoms with Gasteiger partial charge in [0, 0.05) is 25.4 Å². The number of anilines is 1. The second-order valence-electron chi connectivity index (χ2n) is 8.25. The summed E-state index contributed by atoms with van der Waals surface area (Å²) in [6.07, 6.45) is -3.44. The van der Waals surface area contributed by atoms with Crippen molar-refractivity contribution < 1.29 is 27.5 Å². The van der Waals surface area contributed by atoms with E-state index in [1.165, 1.54) is 6.07 Å². The summed E-state index contributed by atoms with van der Waals surface area (Å²) in [4.78, 5) is 27.2. The number of fused-ring (bicyclic) bond motifs is 1. The third-order valence-corrected chi connectivity index (χ3v) is 5.86. The van der Waals surface area contributed by atoms with E-state index in [2.05, 4.69) is 20.6 Å². The second kappa shape index (κ2) is 10.3. The molecule has 186 valence electrons. The first-order valence-corrected chi connectivity index (χ1v) is 11.3. The second-order valence-corrected chi connectivity index (χ2v) is 8.25. The Hall–Kier alpha value is -3.70. The number of nitrogens with one attached hydrogen (secondary N) is 1. The van der Waals surface area contributed by atoms with Crippen LogP contribution in [0, 0.1) is 5.92 Å². The largest absolute Gasteiger partial charge is 0.464 e. The number of amides is 1. The van der Waals surface area contributed by atoms with E-state index < -0.39 is 24.0 Å². The predicted octanol–water partition coefficient (Wildman–Crippen LogP) is 2.65. The van der Waals surface area contributed by atoms with Crippen molar-refractivity contribution in [3.05, 3.63) is 53.9 Å². The number of aromatic nitrogens is 4. The first-order valence-electron chi connectivity index (χ1n) is 11.3. The summed E-state index contributed by atoms with van der Waals surface area (Å²) >= 11 is 0. The van der Waals surface area contributed by atoms with E-state index in [4.69, 9.17) is 4.74 Å². The minimum Gasteiger partial charge on any atom is -0.464 e. The zero-order valence-electron chi connectivity index (χ0n) is 19.0. The molecule has 0 radical (unpaired) electrons. The predicted molar refractivity (Wildman–Crippen MR) is 119 cm³/mol. The fourth-order valence-corrected chi connectivity index (χ4v) is 4.07. The van der Waals surface area contributed by atoms with Crippen LogP contribution in [-0.2, 0) is 26.9 Å². The molecule has 1 aliphatic heterocycles. The Morgan fingerprint density at radius 1 is 1.11 bits per heavy atom. The minimum atomic E-state index is -4.68. The quantitative estimate of drug-likeness (QED) is 0.508. The van der Waals surface area contributed by atoms with Crippen LogP contribution in [0.3, 0.4) is 0 Å². The first kappa shape index (κ1) is 24.4. The molecule has 1 N–H and O–H groups in total. The number of rotatable bonds is 7. The van der Waals surface area contributed by atoms with Crippen LogP contribution in [-0.4, -0.2) is 57.4 Å². The Kier molecular flexibility index (Phi) is 7.17. The Morgan fingerprint density at radius 3 is 2.49 bits per heavy atom. The molecule has 1 amide bonds. The zero-order valence-corrected chi connectivity index (χ0v) is 19.0. The van der Waals surface area contributed by atoms with Gasteiger partial charge in [-0.1, -0.05) is 30.3 Å². The van der Waals surface area contributed by atoms with Crippen molar-refractivity contribution in [1.82, 2.24) is 25.1 Å². The normalized spacial score (nSPS) is 15.7. The average Bonchev–Trinajstić information content (AvgIpc) is 3.28. The Bertz CT molecular complexity index is 1180. The summed E-state index contributed by atoms with van der Waals surface area (Å²) in [7, 11) is 0. The highest BCUT2D eigenvalue weighted by Crippen LogP contribution is 2.28. The van der Waals surface area contributed by atoms with Crippen LogP contribution in [0.25, 0.3) is 5.65 Å². The monoisotopic (exact) mass is 490 g/mol. The summed E-state index contributed by atoms with van der Waals surface area (Å²) in [5, 5.41) is 13.6. The highest BCUT2D eigenvalue weighted by atomic mass is 19.4. The van der Waals surface area contributed by atoms with Gasteiger partial charge in [0.1, 0.15) is 11.9 Å². The molecule has 1 atom stereocenters. The smallest absolute Gasteiger partial charge is 0.453 e. The van der Waals surface area contributed by atoms with Gasteiger partial charge < -0.3 is 15.0 Å². The lowest BCUT2D eigenvalue weighted by atomic mass is 9.95. The van der Waals surface area contributed by atoms with Gasteiger partial charge in [-0.25, -0.2) is 4.79 Å². The van der Waals surface area contributed by atoms with Crippen LogP contribution in [0.4, 0.5) is 19.0 Å². The molecule has 0 bridgehead atoms. The maximum Gasteiger partial charge on any atom is 0.453 e. The van der Waals surface area contributed by atoms with Gasteiger partial charge in [0.25, 0.3) is 5.82 Å². The number of hydrogen-bond donors (Lipinski definition) is 1. The molecule has 2 aromatic heterocycles. The summed E-state index contributed by atoms with van der Waals surface area (Å²) in [5.74, 6) is -1.93. The molecule has 3 heterocycles. The van der Waals surface area contributed by atoms with E-state index in [1.54, 1.807) is 13.0 Å². The highest BCUT2D eigenvalue weighted by Gasteiger charge is 2.38. The lowest BCUT2D eigenvalue weighted by molar-refractivity contribution is -0.148. The number of benzene rings is 1. The van der Waals surface area contributed by atoms with Crippen molar-refractivity contribution in [1.29, 1.82) is 0 Å². The number of nitrogens with zero attached hydrogens (tertiary/aromatic N) is 5. The van der Waals surface area contributed by atoms with E-state index in [0.717, 1.165) is 5.56 Å². The van der Waals surface area contributed by atoms with Crippen molar-refractivity contribution >= 4 is 23.3 Å². The average molecular weight is 490 g/mol. The lowest BCUT2D eigenvalue weighted by Crippen LogP contribution is -2.48. The number of hydrogen-bond acceptors (Lipinski definition) is 7. The molecular weight excluding hydrogens is 465 g/mol. The van der Waals surface area contributed by atoms with Crippen molar-refractivity contribution in [2.24, 2.45) is 5.92 Å². The molecule has 1 fully saturated rings. The molecule has 3 aromatic rings. The zero-order chi connectivity index (χ0) is 25.0. The van der Waals surface area contributed by atoms with Crippen LogP contribution < -0.4 is 10.2 Å². The lowest BCUT2D eigenvalue weighted by Gasteiger charge is -2.32. The molecule has 1 aromatic carbocycles. The molecule has 4 rings (SSSR count). The third kappa shape index (κ3) is 5.69. The van der Waals surface area contributed by atoms with E-state index in [0.29, 0.717) is 42.7 Å². The van der Waals surface area contributed by atoms with Gasteiger partial charge in [-0.2, -0.15) is 17.7 Å². The fourth-order valence-electron chi connectivity index (χ4n) is 4.07. The first-order chi connectivity index (χ1) is 16.8. The van der Waals surface area contributed by atoms with Gasteiger partial charge in [0.2, 0.25) is 5.91 Å². The van der Waals surface area contributed by atoms with Crippen molar-refractivity contribution in [2.75, 3.05) is 24.6 Å². The number of esters is 1. The standard InChI is InChI=1S/C23H25F3N6O3/c1-2-35-21(34)17(14-15-6-4-3-5-7-15)27-20(33)16-10-12-31(13-11-16)19-9-8-18-28-29-22(23(24,25)26)32(18)30-19/h3-9,16-17H,2,10-14H2,1H3,(H,27,33). The molecule has 0 aliphatic carbocycles. The van der Waals surface area contributed by atoms with Gasteiger partial charge >= 0.3 is 12.1 Å². The van der Waals surface area contributed by atoms with Crippen molar-refractivity contribution in [3.8, 4) is 0 Å². The third-order valence-electron chi connectivity index (χ3n) is 5.86. The van der Waals surface area contributed by atoms with E-state index >= 15 is 0 Å². The van der Waals surface area contributed by atoms with Crippen LogP contribution in [0.5, 0.6) is 0 Å². The molecule has 12 heteroatoms. The van der Waals surface area contributed by atoms with Crippen LogP contribution >= 0.6 is 0 Å². The fraction of sp³-hybridized carbons (Fsp3) is 0.435. The van der Waals surface area contributed by atoms with Gasteiger partial charge in [0.15, 0.2) is 5.65 Å². The molecule has 1 saturated heterocycles. The summed E-state index contributed by atoms with van der Waals surface area (Å²) in [5.41, 5.74) is 0.896. The molecule has 0 saturated carbocycles.